The number of hydrogen-bond acceptors (Lipinski definition) is 5. The molecule has 90 valence electrons. The molecular formula is C11H19N3OS. The van der Waals surface area contributed by atoms with Crippen molar-refractivity contribution in [2.45, 2.75) is 19.8 Å². The van der Waals surface area contributed by atoms with Crippen molar-refractivity contribution < 1.29 is 4.79 Å². The van der Waals surface area contributed by atoms with E-state index in [1.165, 1.54) is 0 Å². The minimum Gasteiger partial charge on any atom is -0.330 e. The number of carbonyl (C=O) groups excluding carboxylic acids is 1. The van der Waals surface area contributed by atoms with Crippen LogP contribution in [-0.2, 0) is 17.6 Å². The number of aryl methyl sites for hydroxylation is 1. The van der Waals surface area contributed by atoms with E-state index < -0.39 is 0 Å². The summed E-state index contributed by atoms with van der Waals surface area (Å²) in [6.07, 6.45) is 1.29. The Balaban J connectivity index is 2.62. The number of rotatable bonds is 6. The van der Waals surface area contributed by atoms with E-state index in [9.17, 15) is 4.79 Å². The molecular weight excluding hydrogens is 222 g/mol. The Morgan fingerprint density at radius 2 is 2.19 bits per heavy atom. The molecule has 1 rings (SSSR count). The van der Waals surface area contributed by atoms with Gasteiger partial charge in [-0.3, -0.25) is 4.79 Å². The van der Waals surface area contributed by atoms with Gasteiger partial charge in [-0.1, -0.05) is 0 Å². The molecule has 0 aromatic carbocycles. The summed E-state index contributed by atoms with van der Waals surface area (Å²) in [5.41, 5.74) is 6.45. The van der Waals surface area contributed by atoms with Crippen LogP contribution < -0.4 is 5.73 Å². The lowest BCUT2D eigenvalue weighted by Crippen LogP contribution is -2.22. The summed E-state index contributed by atoms with van der Waals surface area (Å²) in [6, 6.07) is 0. The van der Waals surface area contributed by atoms with Gasteiger partial charge in [0.2, 0.25) is 0 Å². The van der Waals surface area contributed by atoms with E-state index in [1.54, 1.807) is 11.3 Å². The zero-order chi connectivity index (χ0) is 12.1. The number of hydrogen-bond donors (Lipinski definition) is 1. The molecule has 0 unspecified atom stereocenters. The predicted molar refractivity (Wildman–Crippen MR) is 66.9 cm³/mol. The van der Waals surface area contributed by atoms with E-state index in [2.05, 4.69) is 4.98 Å². The fraction of sp³-hybridized carbons (Fsp3) is 0.636. The average Bonchev–Trinajstić information content (AvgIpc) is 2.46. The second kappa shape index (κ2) is 6.08. The van der Waals surface area contributed by atoms with Gasteiger partial charge in [0.1, 0.15) is 0 Å². The van der Waals surface area contributed by atoms with Crippen molar-refractivity contribution >= 4 is 17.1 Å². The molecule has 0 saturated heterocycles. The standard InChI is InChI=1S/C11H19N3OS/c1-8-10(6-9(15)7-14(2)3)16-11(13-8)4-5-12/h4-7,12H2,1-3H3. The topological polar surface area (TPSA) is 59.2 Å². The first kappa shape index (κ1) is 13.3. The lowest BCUT2D eigenvalue weighted by Gasteiger charge is -2.07. The lowest BCUT2D eigenvalue weighted by atomic mass is 10.2. The maximum atomic E-state index is 11.7. The highest BCUT2D eigenvalue weighted by Gasteiger charge is 2.11. The Morgan fingerprint density at radius 1 is 1.50 bits per heavy atom. The van der Waals surface area contributed by atoms with Gasteiger partial charge in [-0.2, -0.15) is 0 Å². The highest BCUT2D eigenvalue weighted by Crippen LogP contribution is 2.19. The quantitative estimate of drug-likeness (QED) is 0.793. The zero-order valence-corrected chi connectivity index (χ0v) is 10.9. The van der Waals surface area contributed by atoms with Crippen LogP contribution in [0, 0.1) is 6.92 Å². The normalized spacial score (nSPS) is 11.1. The van der Waals surface area contributed by atoms with Crippen molar-refractivity contribution in [3.63, 3.8) is 0 Å². The third-order valence-corrected chi connectivity index (χ3v) is 3.36. The molecule has 16 heavy (non-hydrogen) atoms. The van der Waals surface area contributed by atoms with E-state index in [1.807, 2.05) is 25.9 Å². The minimum atomic E-state index is 0.232. The number of aromatic nitrogens is 1. The molecule has 1 heterocycles. The van der Waals surface area contributed by atoms with Crippen LogP contribution in [0.2, 0.25) is 0 Å². The number of Topliss-reactive ketones (excluding diaryl/α,β-unsaturated/α-hetero) is 1. The van der Waals surface area contributed by atoms with Gasteiger partial charge in [0, 0.05) is 17.7 Å². The summed E-state index contributed by atoms with van der Waals surface area (Å²) in [5.74, 6) is 0.232. The van der Waals surface area contributed by atoms with Gasteiger partial charge in [-0.25, -0.2) is 4.98 Å². The van der Waals surface area contributed by atoms with E-state index in [-0.39, 0.29) is 5.78 Å². The monoisotopic (exact) mass is 241 g/mol. The number of nitrogens with two attached hydrogens (primary N) is 1. The molecule has 4 nitrogen and oxygen atoms in total. The number of likely N-dealkylation sites (N-methyl/N-ethyl adjacent to an activating group) is 1. The van der Waals surface area contributed by atoms with E-state index in [4.69, 9.17) is 5.73 Å². The first-order chi connectivity index (χ1) is 7.52. The molecule has 0 spiro atoms. The van der Waals surface area contributed by atoms with Crippen molar-refractivity contribution in [1.29, 1.82) is 0 Å². The van der Waals surface area contributed by atoms with Gasteiger partial charge in [0.05, 0.1) is 17.2 Å². The predicted octanol–water partition coefficient (Wildman–Crippen LogP) is 0.626. The van der Waals surface area contributed by atoms with Crippen LogP contribution in [0.25, 0.3) is 0 Å². The zero-order valence-electron chi connectivity index (χ0n) is 10.1. The average molecular weight is 241 g/mol. The number of ketones is 1. The molecule has 0 fully saturated rings. The van der Waals surface area contributed by atoms with E-state index in [0.29, 0.717) is 19.5 Å². The molecule has 0 amide bonds. The first-order valence-electron chi connectivity index (χ1n) is 5.34. The Morgan fingerprint density at radius 3 is 2.75 bits per heavy atom. The maximum Gasteiger partial charge on any atom is 0.152 e. The van der Waals surface area contributed by atoms with E-state index >= 15 is 0 Å². The molecule has 1 aromatic rings. The molecule has 0 aliphatic heterocycles. The SMILES string of the molecule is Cc1nc(CCN)sc1CC(=O)CN(C)C. The largest absolute Gasteiger partial charge is 0.330 e. The van der Waals surface area contributed by atoms with Crippen molar-refractivity contribution in [1.82, 2.24) is 9.88 Å². The summed E-state index contributed by atoms with van der Waals surface area (Å²) in [4.78, 5) is 19.0. The molecule has 0 saturated carbocycles. The van der Waals surface area contributed by atoms with Crippen LogP contribution in [0.5, 0.6) is 0 Å². The van der Waals surface area contributed by atoms with Gasteiger partial charge in [-0.15, -0.1) is 11.3 Å². The summed E-state index contributed by atoms with van der Waals surface area (Å²) in [5, 5.41) is 1.03. The van der Waals surface area contributed by atoms with Gasteiger partial charge in [-0.05, 0) is 27.6 Å². The second-order valence-corrected chi connectivity index (χ2v) is 5.28. The van der Waals surface area contributed by atoms with Crippen molar-refractivity contribution in [3.8, 4) is 0 Å². The van der Waals surface area contributed by atoms with Gasteiger partial charge < -0.3 is 10.6 Å². The van der Waals surface area contributed by atoms with Crippen LogP contribution >= 0.6 is 11.3 Å². The molecule has 1 aromatic heterocycles. The summed E-state index contributed by atoms with van der Waals surface area (Å²) < 4.78 is 0. The highest BCUT2D eigenvalue weighted by molar-refractivity contribution is 7.11. The molecule has 5 heteroatoms. The smallest absolute Gasteiger partial charge is 0.152 e. The van der Waals surface area contributed by atoms with E-state index in [0.717, 1.165) is 22.0 Å². The molecule has 0 atom stereocenters. The molecule has 0 aliphatic carbocycles. The summed E-state index contributed by atoms with van der Waals surface area (Å²) in [6.45, 7) is 3.05. The molecule has 2 N–H and O–H groups in total. The van der Waals surface area contributed by atoms with Crippen LogP contribution in [-0.4, -0.2) is 42.9 Å². The Kier molecular flexibility index (Phi) is 5.05. The van der Waals surface area contributed by atoms with Crippen LogP contribution in [0.3, 0.4) is 0 Å². The van der Waals surface area contributed by atoms with Gasteiger partial charge in [0.25, 0.3) is 0 Å². The Bertz CT molecular complexity index is 360. The van der Waals surface area contributed by atoms with Crippen LogP contribution in [0.15, 0.2) is 0 Å². The van der Waals surface area contributed by atoms with Crippen molar-refractivity contribution in [2.75, 3.05) is 27.2 Å². The van der Waals surface area contributed by atoms with Gasteiger partial charge in [0.15, 0.2) is 5.78 Å². The number of carbonyl (C=O) groups is 1. The van der Waals surface area contributed by atoms with Crippen LogP contribution in [0.4, 0.5) is 0 Å². The Hall–Kier alpha value is -0.780. The molecule has 0 aliphatic rings. The van der Waals surface area contributed by atoms with Crippen molar-refractivity contribution in [2.24, 2.45) is 5.73 Å². The second-order valence-electron chi connectivity index (χ2n) is 4.11. The fourth-order valence-electron chi connectivity index (χ4n) is 1.47. The fourth-order valence-corrected chi connectivity index (χ4v) is 2.58. The summed E-state index contributed by atoms with van der Waals surface area (Å²) >= 11 is 1.61. The lowest BCUT2D eigenvalue weighted by molar-refractivity contribution is -0.118. The molecule has 0 bridgehead atoms. The first-order valence-corrected chi connectivity index (χ1v) is 6.16. The summed E-state index contributed by atoms with van der Waals surface area (Å²) in [7, 11) is 3.80. The maximum absolute atomic E-state index is 11.7. The molecule has 0 radical (unpaired) electrons. The third-order valence-electron chi connectivity index (χ3n) is 2.15. The number of nitrogens with zero attached hydrogens (tertiary/aromatic N) is 2. The minimum absolute atomic E-state index is 0.232. The Labute approximate surface area is 100 Å². The van der Waals surface area contributed by atoms with Crippen LogP contribution in [0.1, 0.15) is 15.6 Å². The number of thiazole rings is 1. The van der Waals surface area contributed by atoms with Gasteiger partial charge >= 0.3 is 0 Å². The van der Waals surface area contributed by atoms with Crippen molar-refractivity contribution in [3.05, 3.63) is 15.6 Å². The third kappa shape index (κ3) is 4.00. The highest BCUT2D eigenvalue weighted by atomic mass is 32.1.